The number of hydrogen-bond donors (Lipinski definition) is 0. The summed E-state index contributed by atoms with van der Waals surface area (Å²) >= 11 is 0. The average molecular weight is 142 g/mol. The largest absolute Gasteiger partial charge is 0.512 e. The van der Waals surface area contributed by atoms with Gasteiger partial charge in [0, 0.05) is 0 Å². The second-order valence-electron chi connectivity index (χ2n) is 1.72. The normalized spacial score (nSPS) is 9.40. The quantitative estimate of drug-likeness (QED) is 0.335. The van der Waals surface area contributed by atoms with Gasteiger partial charge >= 0.3 is 6.16 Å². The Morgan fingerprint density at radius 1 is 1.60 bits per heavy atom. The molecular formula is C7H10O3. The number of rotatable bonds is 2. The first-order valence-corrected chi connectivity index (χ1v) is 2.73. The van der Waals surface area contributed by atoms with Crippen LogP contribution >= 0.6 is 0 Å². The maximum atomic E-state index is 10.3. The van der Waals surface area contributed by atoms with Crippen molar-refractivity contribution in [2.75, 3.05) is 7.11 Å². The molecule has 0 aliphatic carbocycles. The zero-order chi connectivity index (χ0) is 7.98. The molecule has 0 aromatic rings. The highest BCUT2D eigenvalue weighted by atomic mass is 16.7. The molecule has 0 atom stereocenters. The molecule has 0 heterocycles. The highest BCUT2D eigenvalue weighted by molar-refractivity contribution is 5.60. The summed E-state index contributed by atoms with van der Waals surface area (Å²) in [4.78, 5) is 10.3. The van der Waals surface area contributed by atoms with Crippen LogP contribution in [0.25, 0.3) is 0 Å². The standard InChI is InChI=1S/C7H10O3/c1-6(2)4-5-10-7(8)9-3/h4-5H,1H2,2-3H3. The predicted molar refractivity (Wildman–Crippen MR) is 37.4 cm³/mol. The van der Waals surface area contributed by atoms with Crippen molar-refractivity contribution in [3.8, 4) is 0 Å². The molecule has 0 fully saturated rings. The summed E-state index contributed by atoms with van der Waals surface area (Å²) in [6, 6.07) is 0. The molecule has 0 spiro atoms. The number of carbonyl (C=O) groups is 1. The van der Waals surface area contributed by atoms with E-state index in [1.54, 1.807) is 13.0 Å². The smallest absolute Gasteiger partial charge is 0.437 e. The van der Waals surface area contributed by atoms with E-state index in [0.29, 0.717) is 0 Å². The van der Waals surface area contributed by atoms with Crippen LogP contribution in [-0.2, 0) is 9.47 Å². The molecule has 3 nitrogen and oxygen atoms in total. The first-order chi connectivity index (χ1) is 4.66. The highest BCUT2D eigenvalue weighted by Gasteiger charge is 1.93. The van der Waals surface area contributed by atoms with E-state index in [0.717, 1.165) is 5.57 Å². The minimum absolute atomic E-state index is 0.725. The lowest BCUT2D eigenvalue weighted by atomic mass is 10.4. The van der Waals surface area contributed by atoms with Gasteiger partial charge < -0.3 is 9.47 Å². The lowest BCUT2D eigenvalue weighted by molar-refractivity contribution is 0.106. The molecule has 0 aromatic carbocycles. The van der Waals surface area contributed by atoms with E-state index in [-0.39, 0.29) is 0 Å². The van der Waals surface area contributed by atoms with Crippen LogP contribution < -0.4 is 0 Å². The maximum Gasteiger partial charge on any atom is 0.512 e. The highest BCUT2D eigenvalue weighted by Crippen LogP contribution is 1.90. The lowest BCUT2D eigenvalue weighted by Crippen LogP contribution is -1.97. The van der Waals surface area contributed by atoms with Crippen molar-refractivity contribution in [3.63, 3.8) is 0 Å². The van der Waals surface area contributed by atoms with Crippen molar-refractivity contribution in [3.05, 3.63) is 24.5 Å². The summed E-state index contributed by atoms with van der Waals surface area (Å²) in [5.41, 5.74) is 0.809. The number of allylic oxidation sites excluding steroid dienone is 2. The molecule has 0 aromatic heterocycles. The first kappa shape index (κ1) is 8.75. The number of carbonyl (C=O) groups excluding carboxylic acids is 1. The van der Waals surface area contributed by atoms with Gasteiger partial charge in [-0.05, 0) is 13.0 Å². The van der Waals surface area contributed by atoms with Gasteiger partial charge in [0.05, 0.1) is 13.4 Å². The van der Waals surface area contributed by atoms with Crippen LogP contribution in [0.4, 0.5) is 4.79 Å². The predicted octanol–water partition coefficient (Wildman–Crippen LogP) is 1.86. The van der Waals surface area contributed by atoms with Crippen molar-refractivity contribution < 1.29 is 14.3 Å². The van der Waals surface area contributed by atoms with Gasteiger partial charge in [0.15, 0.2) is 0 Å². The topological polar surface area (TPSA) is 35.5 Å². The number of ether oxygens (including phenoxy) is 2. The minimum Gasteiger partial charge on any atom is -0.437 e. The van der Waals surface area contributed by atoms with E-state index in [9.17, 15) is 4.79 Å². The molecule has 0 aliphatic heterocycles. The van der Waals surface area contributed by atoms with Crippen LogP contribution in [0.5, 0.6) is 0 Å². The second-order valence-corrected chi connectivity index (χ2v) is 1.72. The number of methoxy groups -OCH3 is 1. The Morgan fingerprint density at radius 3 is 2.60 bits per heavy atom. The van der Waals surface area contributed by atoms with Gasteiger partial charge in [-0.15, -0.1) is 0 Å². The fourth-order valence-corrected chi connectivity index (χ4v) is 0.254. The molecule has 0 N–H and O–H groups in total. The van der Waals surface area contributed by atoms with Gasteiger partial charge in [-0.2, -0.15) is 0 Å². The van der Waals surface area contributed by atoms with Gasteiger partial charge in [0.1, 0.15) is 0 Å². The minimum atomic E-state index is -0.725. The molecule has 0 amide bonds. The molecule has 0 unspecified atom stereocenters. The number of hydrogen-bond acceptors (Lipinski definition) is 3. The molecule has 3 heteroatoms. The fourth-order valence-electron chi connectivity index (χ4n) is 0.254. The lowest BCUT2D eigenvalue weighted by Gasteiger charge is -1.93. The first-order valence-electron chi connectivity index (χ1n) is 2.73. The Labute approximate surface area is 59.9 Å². The third kappa shape index (κ3) is 4.90. The molecule has 0 saturated heterocycles. The summed E-state index contributed by atoms with van der Waals surface area (Å²) in [5.74, 6) is 0. The van der Waals surface area contributed by atoms with Crippen molar-refractivity contribution in [2.24, 2.45) is 0 Å². The third-order valence-electron chi connectivity index (χ3n) is 0.683. The van der Waals surface area contributed by atoms with Gasteiger partial charge in [-0.1, -0.05) is 12.2 Å². The zero-order valence-corrected chi connectivity index (χ0v) is 6.09. The molecule has 56 valence electrons. The second kappa shape index (κ2) is 4.61. The van der Waals surface area contributed by atoms with E-state index in [1.165, 1.54) is 13.4 Å². The summed E-state index contributed by atoms with van der Waals surface area (Å²) in [7, 11) is 1.25. The van der Waals surface area contributed by atoms with E-state index >= 15 is 0 Å². The van der Waals surface area contributed by atoms with Crippen molar-refractivity contribution in [1.29, 1.82) is 0 Å². The van der Waals surface area contributed by atoms with E-state index in [4.69, 9.17) is 0 Å². The zero-order valence-electron chi connectivity index (χ0n) is 6.09. The Hall–Kier alpha value is -1.25. The van der Waals surface area contributed by atoms with Crippen LogP contribution in [0, 0.1) is 0 Å². The Morgan fingerprint density at radius 2 is 2.20 bits per heavy atom. The van der Waals surface area contributed by atoms with Crippen molar-refractivity contribution in [1.82, 2.24) is 0 Å². The molecule has 0 rings (SSSR count). The molecule has 0 bridgehead atoms. The SMILES string of the molecule is C=C(C)C=COC(=O)OC. The van der Waals surface area contributed by atoms with E-state index < -0.39 is 6.16 Å². The van der Waals surface area contributed by atoms with Gasteiger partial charge in [-0.3, -0.25) is 0 Å². The van der Waals surface area contributed by atoms with Crippen LogP contribution in [0.3, 0.4) is 0 Å². The molecule has 0 aliphatic rings. The Bertz CT molecular complexity index is 158. The summed E-state index contributed by atoms with van der Waals surface area (Å²) in [6.07, 6.45) is 2.07. The molecular weight excluding hydrogens is 132 g/mol. The Kier molecular flexibility index (Phi) is 4.04. The van der Waals surface area contributed by atoms with Crippen LogP contribution in [-0.4, -0.2) is 13.3 Å². The summed E-state index contributed by atoms with van der Waals surface area (Å²) < 4.78 is 8.59. The van der Waals surface area contributed by atoms with Gasteiger partial charge in [0.2, 0.25) is 0 Å². The fraction of sp³-hybridized carbons (Fsp3) is 0.286. The molecule has 0 saturated carbocycles. The average Bonchev–Trinajstić information content (AvgIpc) is 1.87. The van der Waals surface area contributed by atoms with Gasteiger partial charge in [0.25, 0.3) is 0 Å². The summed E-state index contributed by atoms with van der Waals surface area (Å²) in [5, 5.41) is 0. The van der Waals surface area contributed by atoms with Crippen LogP contribution in [0.15, 0.2) is 24.5 Å². The third-order valence-corrected chi connectivity index (χ3v) is 0.683. The van der Waals surface area contributed by atoms with Crippen LogP contribution in [0.1, 0.15) is 6.92 Å². The monoisotopic (exact) mass is 142 g/mol. The van der Waals surface area contributed by atoms with E-state index in [1.807, 2.05) is 0 Å². The molecule has 10 heavy (non-hydrogen) atoms. The van der Waals surface area contributed by atoms with E-state index in [2.05, 4.69) is 16.1 Å². The van der Waals surface area contributed by atoms with Gasteiger partial charge in [-0.25, -0.2) is 4.79 Å². The summed E-state index contributed by atoms with van der Waals surface area (Å²) in [6.45, 7) is 5.35. The maximum absolute atomic E-state index is 10.3. The Balaban J connectivity index is 3.53. The van der Waals surface area contributed by atoms with Crippen molar-refractivity contribution in [2.45, 2.75) is 6.92 Å². The van der Waals surface area contributed by atoms with Crippen molar-refractivity contribution >= 4 is 6.16 Å². The molecule has 0 radical (unpaired) electrons. The van der Waals surface area contributed by atoms with Crippen LogP contribution in [0.2, 0.25) is 0 Å².